The molecule has 2 aromatic carbocycles. The molecule has 0 aliphatic rings. The van der Waals surface area contributed by atoms with Crippen molar-refractivity contribution in [1.82, 2.24) is 0 Å². The van der Waals surface area contributed by atoms with Crippen molar-refractivity contribution in [2.45, 2.75) is 26.7 Å². The summed E-state index contributed by atoms with van der Waals surface area (Å²) in [6.07, 6.45) is 0. The van der Waals surface area contributed by atoms with E-state index in [1.807, 2.05) is 30.3 Å². The van der Waals surface area contributed by atoms with Crippen LogP contribution in [0.25, 0.3) is 0 Å². The second-order valence-corrected chi connectivity index (χ2v) is 4.98. The van der Waals surface area contributed by atoms with E-state index in [9.17, 15) is 0 Å². The Morgan fingerprint density at radius 1 is 0.947 bits per heavy atom. The van der Waals surface area contributed by atoms with Gasteiger partial charge in [0.25, 0.3) is 0 Å². The molecular formula is C17H20O2. The molecule has 0 amide bonds. The van der Waals surface area contributed by atoms with Crippen molar-refractivity contribution < 1.29 is 9.47 Å². The van der Waals surface area contributed by atoms with E-state index < -0.39 is 0 Å². The zero-order valence-corrected chi connectivity index (χ0v) is 11.9. The summed E-state index contributed by atoms with van der Waals surface area (Å²) in [5, 5.41) is 0. The molecule has 0 fully saturated rings. The molecule has 0 unspecified atom stereocenters. The quantitative estimate of drug-likeness (QED) is 0.773. The Kier molecular flexibility index (Phi) is 4.10. The zero-order valence-electron chi connectivity index (χ0n) is 11.9. The van der Waals surface area contributed by atoms with E-state index in [4.69, 9.17) is 9.47 Å². The van der Waals surface area contributed by atoms with E-state index in [0.29, 0.717) is 5.92 Å². The van der Waals surface area contributed by atoms with E-state index in [1.165, 1.54) is 11.1 Å². The first-order valence-electron chi connectivity index (χ1n) is 6.52. The van der Waals surface area contributed by atoms with Gasteiger partial charge in [-0.2, -0.15) is 0 Å². The smallest absolute Gasteiger partial charge is 0.169 e. The van der Waals surface area contributed by atoms with Gasteiger partial charge >= 0.3 is 0 Å². The van der Waals surface area contributed by atoms with Crippen LogP contribution in [0.2, 0.25) is 0 Å². The zero-order chi connectivity index (χ0) is 13.8. The fourth-order valence-corrected chi connectivity index (χ4v) is 1.94. The third-order valence-corrected chi connectivity index (χ3v) is 3.07. The van der Waals surface area contributed by atoms with Crippen LogP contribution in [0, 0.1) is 6.92 Å². The average Bonchev–Trinajstić information content (AvgIpc) is 2.38. The summed E-state index contributed by atoms with van der Waals surface area (Å²) in [5.41, 5.74) is 2.42. The standard InChI is InChI=1S/C17H20O2/c1-12(2)14-8-9-16(18-4)17(11-14)19-15-7-5-6-13(3)10-15/h5-12H,1-4H3. The minimum Gasteiger partial charge on any atom is -0.493 e. The van der Waals surface area contributed by atoms with Gasteiger partial charge < -0.3 is 9.47 Å². The topological polar surface area (TPSA) is 18.5 Å². The fourth-order valence-electron chi connectivity index (χ4n) is 1.94. The van der Waals surface area contributed by atoms with Gasteiger partial charge in [-0.05, 0) is 48.2 Å². The lowest BCUT2D eigenvalue weighted by molar-refractivity contribution is 0.378. The maximum atomic E-state index is 5.95. The molecule has 19 heavy (non-hydrogen) atoms. The molecule has 0 saturated heterocycles. The van der Waals surface area contributed by atoms with Crippen LogP contribution in [0.3, 0.4) is 0 Å². The van der Waals surface area contributed by atoms with Gasteiger partial charge in [0.05, 0.1) is 7.11 Å². The van der Waals surface area contributed by atoms with Crippen LogP contribution in [0.15, 0.2) is 42.5 Å². The van der Waals surface area contributed by atoms with Gasteiger partial charge in [0, 0.05) is 0 Å². The average molecular weight is 256 g/mol. The number of benzene rings is 2. The molecule has 0 heterocycles. The molecule has 0 N–H and O–H groups in total. The molecule has 2 nitrogen and oxygen atoms in total. The van der Waals surface area contributed by atoms with E-state index in [1.54, 1.807) is 7.11 Å². The second-order valence-electron chi connectivity index (χ2n) is 4.98. The molecule has 100 valence electrons. The number of rotatable bonds is 4. The molecule has 2 aromatic rings. The maximum absolute atomic E-state index is 5.95. The normalized spacial score (nSPS) is 10.6. The van der Waals surface area contributed by atoms with E-state index in [2.05, 4.69) is 32.9 Å². The monoisotopic (exact) mass is 256 g/mol. The van der Waals surface area contributed by atoms with Gasteiger partial charge in [0.15, 0.2) is 11.5 Å². The number of aryl methyl sites for hydroxylation is 1. The number of hydrogen-bond donors (Lipinski definition) is 0. The molecule has 0 atom stereocenters. The van der Waals surface area contributed by atoms with Crippen molar-refractivity contribution in [1.29, 1.82) is 0 Å². The van der Waals surface area contributed by atoms with Gasteiger partial charge in [-0.25, -0.2) is 0 Å². The van der Waals surface area contributed by atoms with Crippen molar-refractivity contribution in [3.63, 3.8) is 0 Å². The molecule has 0 bridgehead atoms. The highest BCUT2D eigenvalue weighted by Crippen LogP contribution is 2.34. The maximum Gasteiger partial charge on any atom is 0.169 e. The van der Waals surface area contributed by atoms with E-state index >= 15 is 0 Å². The molecule has 0 aromatic heterocycles. The Bertz CT molecular complexity index is 559. The second kappa shape index (κ2) is 5.79. The van der Waals surface area contributed by atoms with Gasteiger partial charge in [-0.1, -0.05) is 32.0 Å². The van der Waals surface area contributed by atoms with Crippen molar-refractivity contribution in [3.05, 3.63) is 53.6 Å². The molecule has 0 aliphatic heterocycles. The van der Waals surface area contributed by atoms with Gasteiger partial charge in [-0.15, -0.1) is 0 Å². The first-order valence-corrected chi connectivity index (χ1v) is 6.52. The molecule has 0 radical (unpaired) electrons. The lowest BCUT2D eigenvalue weighted by atomic mass is 10.0. The molecule has 0 aliphatic carbocycles. The third-order valence-electron chi connectivity index (χ3n) is 3.07. The highest BCUT2D eigenvalue weighted by molar-refractivity contribution is 5.46. The van der Waals surface area contributed by atoms with Crippen LogP contribution in [0.1, 0.15) is 30.9 Å². The largest absolute Gasteiger partial charge is 0.493 e. The Morgan fingerprint density at radius 3 is 2.37 bits per heavy atom. The lowest BCUT2D eigenvalue weighted by Gasteiger charge is -2.13. The van der Waals surface area contributed by atoms with E-state index in [0.717, 1.165) is 17.2 Å². The van der Waals surface area contributed by atoms with Crippen LogP contribution in [-0.4, -0.2) is 7.11 Å². The number of hydrogen-bond acceptors (Lipinski definition) is 2. The fraction of sp³-hybridized carbons (Fsp3) is 0.294. The number of methoxy groups -OCH3 is 1. The summed E-state index contributed by atoms with van der Waals surface area (Å²) in [5.74, 6) is 2.81. The molecular weight excluding hydrogens is 236 g/mol. The van der Waals surface area contributed by atoms with Crippen LogP contribution in [-0.2, 0) is 0 Å². The van der Waals surface area contributed by atoms with Crippen LogP contribution in [0.5, 0.6) is 17.2 Å². The SMILES string of the molecule is COc1ccc(C(C)C)cc1Oc1cccc(C)c1. The Hall–Kier alpha value is -1.96. The van der Waals surface area contributed by atoms with Crippen LogP contribution in [0.4, 0.5) is 0 Å². The predicted octanol–water partition coefficient (Wildman–Crippen LogP) is 4.92. The first-order chi connectivity index (χ1) is 9.10. The molecule has 0 spiro atoms. The molecule has 2 heteroatoms. The summed E-state index contributed by atoms with van der Waals surface area (Å²) in [7, 11) is 1.66. The summed E-state index contributed by atoms with van der Waals surface area (Å²) in [6, 6.07) is 14.1. The van der Waals surface area contributed by atoms with Crippen LogP contribution < -0.4 is 9.47 Å². The van der Waals surface area contributed by atoms with Gasteiger partial charge in [0.1, 0.15) is 5.75 Å². The van der Waals surface area contributed by atoms with Crippen molar-refractivity contribution in [2.75, 3.05) is 7.11 Å². The van der Waals surface area contributed by atoms with Crippen molar-refractivity contribution in [2.24, 2.45) is 0 Å². The third kappa shape index (κ3) is 3.28. The van der Waals surface area contributed by atoms with E-state index in [-0.39, 0.29) is 0 Å². The summed E-state index contributed by atoms with van der Waals surface area (Å²) < 4.78 is 11.3. The Balaban J connectivity index is 2.34. The number of ether oxygens (including phenoxy) is 2. The predicted molar refractivity (Wildman–Crippen MR) is 78.3 cm³/mol. The Labute approximate surface area is 115 Å². The Morgan fingerprint density at radius 2 is 1.74 bits per heavy atom. The summed E-state index contributed by atoms with van der Waals surface area (Å²) in [4.78, 5) is 0. The summed E-state index contributed by atoms with van der Waals surface area (Å²) in [6.45, 7) is 6.38. The minimum absolute atomic E-state index is 0.464. The lowest BCUT2D eigenvalue weighted by Crippen LogP contribution is -1.94. The van der Waals surface area contributed by atoms with Gasteiger partial charge in [0.2, 0.25) is 0 Å². The highest BCUT2D eigenvalue weighted by atomic mass is 16.5. The molecule has 0 saturated carbocycles. The highest BCUT2D eigenvalue weighted by Gasteiger charge is 2.09. The molecule has 2 rings (SSSR count). The van der Waals surface area contributed by atoms with Crippen LogP contribution >= 0.6 is 0 Å². The first kappa shape index (κ1) is 13.5. The summed E-state index contributed by atoms with van der Waals surface area (Å²) >= 11 is 0. The van der Waals surface area contributed by atoms with Gasteiger partial charge in [-0.3, -0.25) is 0 Å². The van der Waals surface area contributed by atoms with Crippen molar-refractivity contribution >= 4 is 0 Å². The van der Waals surface area contributed by atoms with Crippen molar-refractivity contribution in [3.8, 4) is 17.2 Å². The minimum atomic E-state index is 0.464.